The van der Waals surface area contributed by atoms with Crippen molar-refractivity contribution < 1.29 is 14.3 Å². The molecule has 0 spiro atoms. The van der Waals surface area contributed by atoms with Gasteiger partial charge >= 0.3 is 12.0 Å². The SMILES string of the molecule is N=C1C(=O)OC[C@@H]1c1ccccc1NC(=O)Nc1ccccc1. The Kier molecular flexibility index (Phi) is 4.05. The van der Waals surface area contributed by atoms with Crippen molar-refractivity contribution >= 4 is 29.1 Å². The van der Waals surface area contributed by atoms with Crippen molar-refractivity contribution in [3.63, 3.8) is 0 Å². The van der Waals surface area contributed by atoms with Crippen LogP contribution in [0.4, 0.5) is 16.2 Å². The first-order valence-corrected chi connectivity index (χ1v) is 7.12. The first kappa shape index (κ1) is 14.8. The summed E-state index contributed by atoms with van der Waals surface area (Å²) in [5.41, 5.74) is 1.82. The zero-order chi connectivity index (χ0) is 16.2. The van der Waals surface area contributed by atoms with Gasteiger partial charge in [0, 0.05) is 11.4 Å². The van der Waals surface area contributed by atoms with Crippen LogP contribution in [-0.2, 0) is 9.53 Å². The molecule has 0 radical (unpaired) electrons. The molecule has 0 aliphatic carbocycles. The first-order chi connectivity index (χ1) is 11.1. The zero-order valence-electron chi connectivity index (χ0n) is 12.2. The number of hydrogen-bond acceptors (Lipinski definition) is 4. The summed E-state index contributed by atoms with van der Waals surface area (Å²) in [5.74, 6) is -1.07. The molecule has 0 saturated carbocycles. The fraction of sp³-hybridized carbons (Fsp3) is 0.118. The van der Waals surface area contributed by atoms with E-state index in [1.807, 2.05) is 18.2 Å². The van der Waals surface area contributed by atoms with E-state index in [-0.39, 0.29) is 18.3 Å². The summed E-state index contributed by atoms with van der Waals surface area (Å²) in [6.45, 7) is 0.122. The lowest BCUT2D eigenvalue weighted by molar-refractivity contribution is -0.132. The maximum atomic E-state index is 12.1. The first-order valence-electron chi connectivity index (χ1n) is 7.12. The largest absolute Gasteiger partial charge is 0.460 e. The fourth-order valence-corrected chi connectivity index (χ4v) is 2.43. The van der Waals surface area contributed by atoms with E-state index >= 15 is 0 Å². The Hall–Kier alpha value is -3.15. The molecule has 2 amide bonds. The summed E-state index contributed by atoms with van der Waals surface area (Å²) in [6.07, 6.45) is 0. The second kappa shape index (κ2) is 6.31. The molecule has 0 bridgehead atoms. The van der Waals surface area contributed by atoms with Crippen molar-refractivity contribution in [1.29, 1.82) is 5.41 Å². The van der Waals surface area contributed by atoms with Crippen LogP contribution in [0.25, 0.3) is 0 Å². The number of benzene rings is 2. The van der Waals surface area contributed by atoms with Gasteiger partial charge in [0.1, 0.15) is 12.3 Å². The van der Waals surface area contributed by atoms with Gasteiger partial charge in [-0.2, -0.15) is 0 Å². The molecule has 3 rings (SSSR count). The molecule has 1 aliphatic heterocycles. The molecule has 2 aromatic rings. The average Bonchev–Trinajstić information content (AvgIpc) is 2.88. The van der Waals surface area contributed by atoms with Gasteiger partial charge in [0.25, 0.3) is 0 Å². The minimum Gasteiger partial charge on any atom is -0.460 e. The quantitative estimate of drug-likeness (QED) is 0.761. The second-order valence-corrected chi connectivity index (χ2v) is 5.10. The number of para-hydroxylation sites is 2. The number of amides is 2. The van der Waals surface area contributed by atoms with E-state index in [2.05, 4.69) is 10.6 Å². The standard InChI is InChI=1S/C17H15N3O3/c18-15-13(10-23-16(15)21)12-8-4-5-9-14(12)20-17(22)19-11-6-2-1-3-7-11/h1-9,13,18H,10H2,(H2,19,20,22)/t13-/m1/s1. The third-order valence-electron chi connectivity index (χ3n) is 3.57. The average molecular weight is 309 g/mol. The number of nitrogens with one attached hydrogen (secondary N) is 3. The van der Waals surface area contributed by atoms with E-state index < -0.39 is 11.9 Å². The lowest BCUT2D eigenvalue weighted by Crippen LogP contribution is -2.21. The Bertz CT molecular complexity index is 759. The van der Waals surface area contributed by atoms with Gasteiger partial charge in [0.2, 0.25) is 0 Å². The zero-order valence-corrected chi connectivity index (χ0v) is 12.2. The molecular formula is C17H15N3O3. The van der Waals surface area contributed by atoms with Crippen molar-refractivity contribution in [1.82, 2.24) is 0 Å². The lowest BCUT2D eigenvalue weighted by atomic mass is 9.95. The Morgan fingerprint density at radius 3 is 2.43 bits per heavy atom. The van der Waals surface area contributed by atoms with Gasteiger partial charge in [0.15, 0.2) is 0 Å². The highest BCUT2D eigenvalue weighted by molar-refractivity contribution is 6.39. The minimum atomic E-state index is -0.612. The summed E-state index contributed by atoms with van der Waals surface area (Å²) >= 11 is 0. The number of cyclic esters (lactones) is 1. The van der Waals surface area contributed by atoms with E-state index in [0.29, 0.717) is 16.9 Å². The van der Waals surface area contributed by atoms with Crippen molar-refractivity contribution in [3.8, 4) is 0 Å². The summed E-state index contributed by atoms with van der Waals surface area (Å²) in [6, 6.07) is 15.8. The molecule has 3 N–H and O–H groups in total. The van der Waals surface area contributed by atoms with Crippen LogP contribution in [0.1, 0.15) is 11.5 Å². The fourth-order valence-electron chi connectivity index (χ4n) is 2.43. The highest BCUT2D eigenvalue weighted by atomic mass is 16.5. The summed E-state index contributed by atoms with van der Waals surface area (Å²) in [4.78, 5) is 23.5. The van der Waals surface area contributed by atoms with Crippen LogP contribution in [-0.4, -0.2) is 24.3 Å². The number of hydrogen-bond donors (Lipinski definition) is 3. The second-order valence-electron chi connectivity index (χ2n) is 5.10. The molecular weight excluding hydrogens is 294 g/mol. The molecule has 6 heteroatoms. The van der Waals surface area contributed by atoms with Crippen LogP contribution in [0.3, 0.4) is 0 Å². The molecule has 1 saturated heterocycles. The van der Waals surface area contributed by atoms with Gasteiger partial charge in [-0.05, 0) is 23.8 Å². The summed E-state index contributed by atoms with van der Waals surface area (Å²) < 4.78 is 4.90. The lowest BCUT2D eigenvalue weighted by Gasteiger charge is -2.14. The molecule has 116 valence electrons. The van der Waals surface area contributed by atoms with Crippen molar-refractivity contribution in [2.75, 3.05) is 17.2 Å². The van der Waals surface area contributed by atoms with Crippen LogP contribution < -0.4 is 10.6 Å². The monoisotopic (exact) mass is 309 g/mol. The summed E-state index contributed by atoms with van der Waals surface area (Å²) in [7, 11) is 0. The van der Waals surface area contributed by atoms with Gasteiger partial charge in [-0.3, -0.25) is 5.41 Å². The van der Waals surface area contributed by atoms with Crippen molar-refractivity contribution in [3.05, 3.63) is 60.2 Å². The molecule has 2 aromatic carbocycles. The highest BCUT2D eigenvalue weighted by Crippen LogP contribution is 2.29. The minimum absolute atomic E-state index is 0.0947. The Balaban J connectivity index is 1.77. The third-order valence-corrected chi connectivity index (χ3v) is 3.57. The Morgan fingerprint density at radius 1 is 1.04 bits per heavy atom. The molecule has 23 heavy (non-hydrogen) atoms. The van der Waals surface area contributed by atoms with Crippen molar-refractivity contribution in [2.24, 2.45) is 0 Å². The topological polar surface area (TPSA) is 91.3 Å². The normalized spacial score (nSPS) is 16.8. The third kappa shape index (κ3) is 3.21. The van der Waals surface area contributed by atoms with E-state index in [1.54, 1.807) is 36.4 Å². The van der Waals surface area contributed by atoms with E-state index in [9.17, 15) is 9.59 Å². The number of anilines is 2. The van der Waals surface area contributed by atoms with Gasteiger partial charge in [-0.1, -0.05) is 36.4 Å². The molecule has 1 fully saturated rings. The van der Waals surface area contributed by atoms with Crippen molar-refractivity contribution in [2.45, 2.75) is 5.92 Å². The highest BCUT2D eigenvalue weighted by Gasteiger charge is 2.33. The van der Waals surface area contributed by atoms with Crippen LogP contribution >= 0.6 is 0 Å². The van der Waals surface area contributed by atoms with Gasteiger partial charge < -0.3 is 15.4 Å². The van der Waals surface area contributed by atoms with E-state index in [4.69, 9.17) is 10.1 Å². The molecule has 1 aliphatic rings. The number of carbonyl (C=O) groups is 2. The molecule has 0 unspecified atom stereocenters. The maximum Gasteiger partial charge on any atom is 0.352 e. The Labute approximate surface area is 133 Å². The van der Waals surface area contributed by atoms with Gasteiger partial charge in [0.05, 0.1) is 5.92 Å². The number of carbonyl (C=O) groups excluding carboxylic acids is 2. The van der Waals surface area contributed by atoms with Crippen LogP contribution in [0.5, 0.6) is 0 Å². The Morgan fingerprint density at radius 2 is 1.74 bits per heavy atom. The van der Waals surface area contributed by atoms with Gasteiger partial charge in [-0.25, -0.2) is 9.59 Å². The van der Waals surface area contributed by atoms with Crippen LogP contribution in [0.2, 0.25) is 0 Å². The molecule has 6 nitrogen and oxygen atoms in total. The predicted octanol–water partition coefficient (Wildman–Crippen LogP) is 2.99. The number of rotatable bonds is 3. The van der Waals surface area contributed by atoms with Crippen LogP contribution in [0.15, 0.2) is 54.6 Å². The number of ether oxygens (including phenoxy) is 1. The molecule has 0 aromatic heterocycles. The number of urea groups is 1. The van der Waals surface area contributed by atoms with E-state index in [1.165, 1.54) is 0 Å². The maximum absolute atomic E-state index is 12.1. The number of esters is 1. The van der Waals surface area contributed by atoms with E-state index in [0.717, 1.165) is 0 Å². The smallest absolute Gasteiger partial charge is 0.352 e. The van der Waals surface area contributed by atoms with Crippen LogP contribution in [0, 0.1) is 5.41 Å². The molecule has 1 atom stereocenters. The molecule has 1 heterocycles. The van der Waals surface area contributed by atoms with Gasteiger partial charge in [-0.15, -0.1) is 0 Å². The predicted molar refractivity (Wildman–Crippen MR) is 87.0 cm³/mol. The summed E-state index contributed by atoms with van der Waals surface area (Å²) in [5, 5.41) is 13.3.